The van der Waals surface area contributed by atoms with Crippen LogP contribution in [-0.2, 0) is 6.54 Å². The second-order valence-electron chi connectivity index (χ2n) is 8.18. The minimum Gasteiger partial charge on any atom is -0.493 e. The fourth-order valence-electron chi connectivity index (χ4n) is 4.46. The van der Waals surface area contributed by atoms with Crippen LogP contribution in [0.5, 0.6) is 23.0 Å². The van der Waals surface area contributed by atoms with Gasteiger partial charge >= 0.3 is 0 Å². The molecule has 0 saturated heterocycles. The lowest BCUT2D eigenvalue weighted by Gasteiger charge is -2.17. The Hall–Kier alpha value is -3.52. The van der Waals surface area contributed by atoms with Gasteiger partial charge in [0.15, 0.2) is 23.0 Å². The Labute approximate surface area is 183 Å². The molecular weight excluding hydrogens is 410 g/mol. The van der Waals surface area contributed by atoms with Crippen molar-refractivity contribution in [2.24, 2.45) is 0 Å². The van der Waals surface area contributed by atoms with Crippen LogP contribution in [0.25, 0.3) is 32.6 Å². The highest BCUT2D eigenvalue weighted by atomic mass is 16.7. The van der Waals surface area contributed by atoms with Gasteiger partial charge in [0.05, 0.1) is 30.6 Å². The van der Waals surface area contributed by atoms with Gasteiger partial charge in [-0.2, -0.15) is 0 Å². The van der Waals surface area contributed by atoms with Crippen molar-refractivity contribution in [1.82, 2.24) is 14.9 Å². The lowest BCUT2D eigenvalue weighted by atomic mass is 10.0. The Morgan fingerprint density at radius 2 is 1.72 bits per heavy atom. The maximum Gasteiger partial charge on any atom is 0.259 e. The van der Waals surface area contributed by atoms with Crippen molar-refractivity contribution in [1.29, 1.82) is 0 Å². The molecule has 8 heteroatoms. The summed E-state index contributed by atoms with van der Waals surface area (Å²) in [5.41, 5.74) is 1.51. The van der Waals surface area contributed by atoms with Crippen LogP contribution < -0.4 is 29.8 Å². The van der Waals surface area contributed by atoms with E-state index in [1.165, 1.54) is 12.8 Å². The van der Waals surface area contributed by atoms with Crippen LogP contribution in [0.2, 0.25) is 0 Å². The van der Waals surface area contributed by atoms with E-state index in [9.17, 15) is 4.79 Å². The van der Waals surface area contributed by atoms with E-state index < -0.39 is 0 Å². The molecule has 32 heavy (non-hydrogen) atoms. The summed E-state index contributed by atoms with van der Waals surface area (Å²) in [6.45, 7) is 1.44. The van der Waals surface area contributed by atoms with Crippen molar-refractivity contribution < 1.29 is 18.9 Å². The van der Waals surface area contributed by atoms with E-state index in [1.54, 1.807) is 20.3 Å². The van der Waals surface area contributed by atoms with E-state index in [-0.39, 0.29) is 12.4 Å². The molecule has 1 aliphatic heterocycles. The molecule has 0 spiro atoms. The molecule has 8 nitrogen and oxygen atoms in total. The molecule has 164 valence electrons. The number of hydrogen-bond acceptors (Lipinski definition) is 7. The van der Waals surface area contributed by atoms with Crippen LogP contribution in [0.4, 0.5) is 0 Å². The molecule has 1 saturated carbocycles. The second kappa shape index (κ2) is 7.27. The summed E-state index contributed by atoms with van der Waals surface area (Å²) < 4.78 is 23.9. The van der Waals surface area contributed by atoms with E-state index in [1.807, 2.05) is 29.0 Å². The third-order valence-corrected chi connectivity index (χ3v) is 6.24. The molecule has 1 fully saturated rings. The highest BCUT2D eigenvalue weighted by Crippen LogP contribution is 2.40. The van der Waals surface area contributed by atoms with Crippen molar-refractivity contribution in [3.63, 3.8) is 0 Å². The number of nitrogens with zero attached hydrogens (tertiary/aromatic N) is 2. The molecule has 0 unspecified atom stereocenters. The molecule has 0 bridgehead atoms. The van der Waals surface area contributed by atoms with Crippen molar-refractivity contribution in [2.45, 2.75) is 25.4 Å². The second-order valence-corrected chi connectivity index (χ2v) is 8.18. The molecule has 2 aromatic carbocycles. The first-order valence-electron chi connectivity index (χ1n) is 10.7. The number of benzene rings is 2. The molecule has 0 atom stereocenters. The SMILES string of the molecule is COc1cc2c(=O)n(CCNC3CC3)c3c4cc5c(cc4ncc3c2cc1OC)OCO5. The van der Waals surface area contributed by atoms with Crippen LogP contribution in [-0.4, -0.2) is 43.2 Å². The predicted molar refractivity (Wildman–Crippen MR) is 121 cm³/mol. The minimum absolute atomic E-state index is 0.0729. The first-order valence-corrected chi connectivity index (χ1v) is 10.7. The van der Waals surface area contributed by atoms with E-state index in [4.69, 9.17) is 18.9 Å². The zero-order valence-electron chi connectivity index (χ0n) is 17.9. The molecule has 2 aliphatic rings. The zero-order valence-corrected chi connectivity index (χ0v) is 17.9. The smallest absolute Gasteiger partial charge is 0.259 e. The third-order valence-electron chi connectivity index (χ3n) is 6.24. The van der Waals surface area contributed by atoms with Gasteiger partial charge in [0, 0.05) is 47.6 Å². The summed E-state index contributed by atoms with van der Waals surface area (Å²) in [4.78, 5) is 18.4. The molecule has 0 amide bonds. The first-order chi connectivity index (χ1) is 15.7. The zero-order chi connectivity index (χ0) is 21.8. The number of fused-ring (bicyclic) bond motifs is 6. The van der Waals surface area contributed by atoms with Gasteiger partial charge in [0.2, 0.25) is 6.79 Å². The van der Waals surface area contributed by atoms with Crippen molar-refractivity contribution in [3.8, 4) is 23.0 Å². The van der Waals surface area contributed by atoms with Crippen molar-refractivity contribution >= 4 is 32.6 Å². The van der Waals surface area contributed by atoms with Crippen LogP contribution in [0, 0.1) is 0 Å². The largest absolute Gasteiger partial charge is 0.493 e. The molecule has 6 rings (SSSR count). The highest BCUT2D eigenvalue weighted by Gasteiger charge is 2.22. The highest BCUT2D eigenvalue weighted by molar-refractivity contribution is 6.15. The quantitative estimate of drug-likeness (QED) is 0.468. The van der Waals surface area contributed by atoms with Crippen LogP contribution in [0.3, 0.4) is 0 Å². The van der Waals surface area contributed by atoms with Gasteiger partial charge in [0.1, 0.15) is 0 Å². The normalized spacial score (nSPS) is 15.1. The van der Waals surface area contributed by atoms with Crippen LogP contribution >= 0.6 is 0 Å². The number of nitrogens with one attached hydrogen (secondary N) is 1. The predicted octanol–water partition coefficient (Wildman–Crippen LogP) is 3.20. The Bertz CT molecular complexity index is 1440. The van der Waals surface area contributed by atoms with Crippen LogP contribution in [0.1, 0.15) is 12.8 Å². The average molecular weight is 433 g/mol. The summed E-state index contributed by atoms with van der Waals surface area (Å²) in [6, 6.07) is 7.96. The lowest BCUT2D eigenvalue weighted by Crippen LogP contribution is -2.28. The third kappa shape index (κ3) is 2.94. The summed E-state index contributed by atoms with van der Waals surface area (Å²) >= 11 is 0. The number of pyridine rings is 2. The van der Waals surface area contributed by atoms with E-state index >= 15 is 0 Å². The van der Waals surface area contributed by atoms with Crippen molar-refractivity contribution in [3.05, 3.63) is 40.8 Å². The topological polar surface area (TPSA) is 83.8 Å². The first kappa shape index (κ1) is 19.2. The average Bonchev–Trinajstić information content (AvgIpc) is 3.53. The maximum atomic E-state index is 13.7. The monoisotopic (exact) mass is 433 g/mol. The van der Waals surface area contributed by atoms with E-state index in [0.29, 0.717) is 47.5 Å². The summed E-state index contributed by atoms with van der Waals surface area (Å²) in [5.74, 6) is 2.42. The van der Waals surface area contributed by atoms with Gasteiger partial charge in [-0.3, -0.25) is 9.78 Å². The van der Waals surface area contributed by atoms with Crippen molar-refractivity contribution in [2.75, 3.05) is 27.6 Å². The Balaban J connectivity index is 1.68. The Kier molecular flexibility index (Phi) is 4.36. The van der Waals surface area contributed by atoms with Crippen LogP contribution in [0.15, 0.2) is 35.3 Å². The molecular formula is C24H23N3O5. The van der Waals surface area contributed by atoms with Gasteiger partial charge in [-0.1, -0.05) is 0 Å². The summed E-state index contributed by atoms with van der Waals surface area (Å²) in [6.07, 6.45) is 4.21. The minimum atomic E-state index is -0.0729. The molecule has 1 N–H and O–H groups in total. The van der Waals surface area contributed by atoms with Gasteiger partial charge in [-0.05, 0) is 31.0 Å². The standard InChI is InChI=1S/C24H23N3O5/c1-29-19-7-14-15(8-20(19)30-2)24(28)27(6-5-25-13-3-4-13)23-16-9-21-22(32-12-31-21)10-18(16)26-11-17(14)23/h7-11,13,25H,3-6,12H2,1-2H3. The number of methoxy groups -OCH3 is 2. The lowest BCUT2D eigenvalue weighted by molar-refractivity contribution is 0.174. The molecule has 0 radical (unpaired) electrons. The fraction of sp³-hybridized carbons (Fsp3) is 0.333. The summed E-state index contributed by atoms with van der Waals surface area (Å²) in [7, 11) is 3.16. The molecule has 3 heterocycles. The summed E-state index contributed by atoms with van der Waals surface area (Å²) in [5, 5.41) is 6.59. The number of hydrogen-bond donors (Lipinski definition) is 1. The maximum absolute atomic E-state index is 13.7. The van der Waals surface area contributed by atoms with Gasteiger partial charge in [-0.15, -0.1) is 0 Å². The molecule has 4 aromatic rings. The number of ether oxygens (including phenoxy) is 4. The Morgan fingerprint density at radius 1 is 1.00 bits per heavy atom. The number of aromatic nitrogens is 2. The van der Waals surface area contributed by atoms with Gasteiger partial charge < -0.3 is 28.8 Å². The van der Waals surface area contributed by atoms with Gasteiger partial charge in [-0.25, -0.2) is 0 Å². The molecule has 2 aromatic heterocycles. The number of rotatable bonds is 6. The van der Waals surface area contributed by atoms with E-state index in [0.717, 1.165) is 27.2 Å². The van der Waals surface area contributed by atoms with Gasteiger partial charge in [0.25, 0.3) is 5.56 Å². The van der Waals surface area contributed by atoms with E-state index in [2.05, 4.69) is 10.3 Å². The Morgan fingerprint density at radius 3 is 2.44 bits per heavy atom. The molecule has 1 aliphatic carbocycles. The fourth-order valence-corrected chi connectivity index (χ4v) is 4.46.